The van der Waals surface area contributed by atoms with Gasteiger partial charge >= 0.3 is 0 Å². The Morgan fingerprint density at radius 1 is 1.09 bits per heavy atom. The maximum Gasteiger partial charge on any atom is 0.220 e. The maximum atomic E-state index is 13.0. The van der Waals surface area contributed by atoms with Gasteiger partial charge in [-0.05, 0) is 41.8 Å². The largest absolute Gasteiger partial charge is 0.387 e. The van der Waals surface area contributed by atoms with Crippen LogP contribution in [0.3, 0.4) is 0 Å². The molecule has 0 aromatic heterocycles. The first-order valence-corrected chi connectivity index (χ1v) is 6.99. The summed E-state index contributed by atoms with van der Waals surface area (Å²) in [4.78, 5) is 11.7. The molecule has 0 aliphatic rings. The molecular weight excluding hydrogens is 288 g/mol. The average molecular weight is 305 g/mol. The zero-order chi connectivity index (χ0) is 15.9. The van der Waals surface area contributed by atoms with Gasteiger partial charge in [0.2, 0.25) is 5.91 Å². The first kappa shape index (κ1) is 16.1. The van der Waals surface area contributed by atoms with E-state index in [1.807, 2.05) is 0 Å². The van der Waals surface area contributed by atoms with Crippen molar-refractivity contribution in [2.24, 2.45) is 0 Å². The maximum absolute atomic E-state index is 13.0. The molecular formula is C17H17F2NO2. The zero-order valence-electron chi connectivity index (χ0n) is 11.9. The van der Waals surface area contributed by atoms with Crippen LogP contribution in [0.15, 0.2) is 48.5 Å². The SMILES string of the molecule is O=C(CCc1cccc(F)c1)NCC(O)c1ccc(F)cc1. The normalized spacial score (nSPS) is 12.0. The molecule has 2 rings (SSSR count). The second-order valence-corrected chi connectivity index (χ2v) is 5.00. The number of benzene rings is 2. The molecule has 0 aliphatic carbocycles. The van der Waals surface area contributed by atoms with E-state index in [9.17, 15) is 18.7 Å². The summed E-state index contributed by atoms with van der Waals surface area (Å²) >= 11 is 0. The lowest BCUT2D eigenvalue weighted by molar-refractivity contribution is -0.121. The van der Waals surface area contributed by atoms with E-state index in [0.717, 1.165) is 5.56 Å². The number of rotatable bonds is 6. The molecule has 22 heavy (non-hydrogen) atoms. The fourth-order valence-corrected chi connectivity index (χ4v) is 2.05. The predicted molar refractivity (Wildman–Crippen MR) is 79.1 cm³/mol. The summed E-state index contributed by atoms with van der Waals surface area (Å²) in [5.41, 5.74) is 1.28. The highest BCUT2D eigenvalue weighted by Gasteiger charge is 2.10. The molecule has 5 heteroatoms. The molecule has 2 N–H and O–H groups in total. The highest BCUT2D eigenvalue weighted by molar-refractivity contribution is 5.76. The molecule has 1 atom stereocenters. The Bertz CT molecular complexity index is 629. The average Bonchev–Trinajstić information content (AvgIpc) is 2.51. The number of halogens is 2. The molecule has 0 spiro atoms. The van der Waals surface area contributed by atoms with Crippen LogP contribution < -0.4 is 5.32 Å². The molecule has 0 aliphatic heterocycles. The lowest BCUT2D eigenvalue weighted by Crippen LogP contribution is -2.28. The molecule has 0 saturated heterocycles. The van der Waals surface area contributed by atoms with Crippen molar-refractivity contribution in [1.82, 2.24) is 5.32 Å². The van der Waals surface area contributed by atoms with E-state index in [0.29, 0.717) is 12.0 Å². The Hall–Kier alpha value is -2.27. The topological polar surface area (TPSA) is 49.3 Å². The van der Waals surface area contributed by atoms with E-state index in [1.54, 1.807) is 12.1 Å². The van der Waals surface area contributed by atoms with Gasteiger partial charge < -0.3 is 10.4 Å². The highest BCUT2D eigenvalue weighted by Crippen LogP contribution is 2.12. The fourth-order valence-electron chi connectivity index (χ4n) is 2.05. The number of hydrogen-bond acceptors (Lipinski definition) is 2. The first-order valence-electron chi connectivity index (χ1n) is 6.99. The molecule has 0 radical (unpaired) electrons. The van der Waals surface area contributed by atoms with E-state index in [-0.39, 0.29) is 30.5 Å². The van der Waals surface area contributed by atoms with Crippen molar-refractivity contribution < 1.29 is 18.7 Å². The van der Waals surface area contributed by atoms with Crippen LogP contribution in [0, 0.1) is 11.6 Å². The van der Waals surface area contributed by atoms with Crippen LogP contribution in [-0.4, -0.2) is 17.6 Å². The summed E-state index contributed by atoms with van der Waals surface area (Å²) in [5, 5.41) is 12.5. The Balaban J connectivity index is 1.76. The number of aliphatic hydroxyl groups excluding tert-OH is 1. The van der Waals surface area contributed by atoms with Crippen LogP contribution in [0.25, 0.3) is 0 Å². The first-order chi connectivity index (χ1) is 10.5. The molecule has 1 unspecified atom stereocenters. The van der Waals surface area contributed by atoms with Gasteiger partial charge in [-0.25, -0.2) is 8.78 Å². The Morgan fingerprint density at radius 3 is 2.50 bits per heavy atom. The third kappa shape index (κ3) is 4.93. The second kappa shape index (κ2) is 7.66. The van der Waals surface area contributed by atoms with Crippen LogP contribution in [0.4, 0.5) is 8.78 Å². The number of amides is 1. The molecule has 0 saturated carbocycles. The van der Waals surface area contributed by atoms with E-state index in [2.05, 4.69) is 5.32 Å². The van der Waals surface area contributed by atoms with Crippen molar-refractivity contribution in [3.63, 3.8) is 0 Å². The molecule has 2 aromatic carbocycles. The summed E-state index contributed by atoms with van der Waals surface area (Å²) < 4.78 is 25.8. The number of carbonyl (C=O) groups is 1. The lowest BCUT2D eigenvalue weighted by Gasteiger charge is -2.12. The van der Waals surface area contributed by atoms with Crippen molar-refractivity contribution in [2.75, 3.05) is 6.54 Å². The van der Waals surface area contributed by atoms with Gasteiger partial charge in [-0.3, -0.25) is 4.79 Å². The molecule has 0 bridgehead atoms. The zero-order valence-corrected chi connectivity index (χ0v) is 11.9. The van der Waals surface area contributed by atoms with Gasteiger partial charge in [0.1, 0.15) is 11.6 Å². The van der Waals surface area contributed by atoms with Gasteiger partial charge in [-0.15, -0.1) is 0 Å². The highest BCUT2D eigenvalue weighted by atomic mass is 19.1. The summed E-state index contributed by atoms with van der Waals surface area (Å²) in [5.74, 6) is -0.940. The van der Waals surface area contributed by atoms with Crippen molar-refractivity contribution in [2.45, 2.75) is 18.9 Å². The van der Waals surface area contributed by atoms with Crippen LogP contribution in [-0.2, 0) is 11.2 Å². The van der Waals surface area contributed by atoms with E-state index in [4.69, 9.17) is 0 Å². The number of hydrogen-bond donors (Lipinski definition) is 2. The molecule has 1 amide bonds. The standard InChI is InChI=1S/C17H17F2NO2/c18-14-7-5-13(6-8-14)16(21)11-20-17(22)9-4-12-2-1-3-15(19)10-12/h1-3,5-8,10,16,21H,4,9,11H2,(H,20,22). The van der Waals surface area contributed by atoms with Crippen molar-refractivity contribution in [1.29, 1.82) is 0 Å². The smallest absolute Gasteiger partial charge is 0.220 e. The summed E-state index contributed by atoms with van der Waals surface area (Å²) in [6.45, 7) is 0.0492. The van der Waals surface area contributed by atoms with Gasteiger partial charge in [-0.1, -0.05) is 24.3 Å². The molecule has 0 fully saturated rings. The van der Waals surface area contributed by atoms with Gasteiger partial charge in [0.05, 0.1) is 6.10 Å². The third-order valence-corrected chi connectivity index (χ3v) is 3.28. The monoisotopic (exact) mass is 305 g/mol. The minimum atomic E-state index is -0.890. The summed E-state index contributed by atoms with van der Waals surface area (Å²) in [6.07, 6.45) is -0.255. The van der Waals surface area contributed by atoms with Crippen molar-refractivity contribution in [3.05, 3.63) is 71.3 Å². The van der Waals surface area contributed by atoms with Crippen LogP contribution in [0.1, 0.15) is 23.7 Å². The van der Waals surface area contributed by atoms with Crippen molar-refractivity contribution >= 4 is 5.91 Å². The van der Waals surface area contributed by atoms with E-state index in [1.165, 1.54) is 36.4 Å². The third-order valence-electron chi connectivity index (χ3n) is 3.28. The van der Waals surface area contributed by atoms with Gasteiger partial charge in [0.25, 0.3) is 0 Å². The van der Waals surface area contributed by atoms with Crippen LogP contribution >= 0.6 is 0 Å². The minimum Gasteiger partial charge on any atom is -0.387 e. The second-order valence-electron chi connectivity index (χ2n) is 5.00. The molecule has 0 heterocycles. The molecule has 3 nitrogen and oxygen atoms in total. The summed E-state index contributed by atoms with van der Waals surface area (Å²) in [7, 11) is 0. The predicted octanol–water partition coefficient (Wildman–Crippen LogP) is 2.75. The Kier molecular flexibility index (Phi) is 5.61. The summed E-state index contributed by atoms with van der Waals surface area (Å²) in [6, 6.07) is 11.5. The Labute approximate surface area is 127 Å². The van der Waals surface area contributed by atoms with Crippen LogP contribution in [0.2, 0.25) is 0 Å². The van der Waals surface area contributed by atoms with Crippen LogP contribution in [0.5, 0.6) is 0 Å². The van der Waals surface area contributed by atoms with Gasteiger partial charge in [0.15, 0.2) is 0 Å². The molecule has 2 aromatic rings. The number of carbonyl (C=O) groups excluding carboxylic acids is 1. The Morgan fingerprint density at radius 2 is 1.82 bits per heavy atom. The molecule has 116 valence electrons. The lowest BCUT2D eigenvalue weighted by atomic mass is 10.1. The van der Waals surface area contributed by atoms with Crippen molar-refractivity contribution in [3.8, 4) is 0 Å². The minimum absolute atomic E-state index is 0.0492. The quantitative estimate of drug-likeness (QED) is 0.862. The van der Waals surface area contributed by atoms with Gasteiger partial charge in [0, 0.05) is 13.0 Å². The fraction of sp³-hybridized carbons (Fsp3) is 0.235. The number of aliphatic hydroxyl groups is 1. The number of aryl methyl sites for hydroxylation is 1. The van der Waals surface area contributed by atoms with E-state index >= 15 is 0 Å². The van der Waals surface area contributed by atoms with E-state index < -0.39 is 6.10 Å². The van der Waals surface area contributed by atoms with Gasteiger partial charge in [-0.2, -0.15) is 0 Å². The number of nitrogens with one attached hydrogen (secondary N) is 1.